The molecule has 1 saturated heterocycles. The predicted octanol–water partition coefficient (Wildman–Crippen LogP) is 4.19. The summed E-state index contributed by atoms with van der Waals surface area (Å²) in [6.45, 7) is 7.41. The van der Waals surface area contributed by atoms with E-state index in [9.17, 15) is 5.11 Å². The molecule has 1 N–H and O–H groups in total. The van der Waals surface area contributed by atoms with Gasteiger partial charge < -0.3 is 9.67 Å². The molecule has 1 saturated carbocycles. The summed E-state index contributed by atoms with van der Waals surface area (Å²) in [6, 6.07) is 10.8. The average Bonchev–Trinajstić information content (AvgIpc) is 3.11. The van der Waals surface area contributed by atoms with Crippen LogP contribution >= 0.6 is 0 Å². The van der Waals surface area contributed by atoms with Crippen LogP contribution in [0.4, 0.5) is 0 Å². The van der Waals surface area contributed by atoms with Crippen LogP contribution < -0.4 is 0 Å². The number of nitrogens with zero attached hydrogens (tertiary/aromatic N) is 3. The summed E-state index contributed by atoms with van der Waals surface area (Å²) < 4.78 is 2.31. The fourth-order valence-electron chi connectivity index (χ4n) is 5.30. The molecule has 1 aliphatic carbocycles. The third kappa shape index (κ3) is 3.70. The molecular formula is C23H33N3O. The number of imidazole rings is 1. The van der Waals surface area contributed by atoms with Gasteiger partial charge in [-0.1, -0.05) is 57.0 Å². The largest absolute Gasteiger partial charge is 0.385 e. The molecule has 0 spiro atoms. The lowest BCUT2D eigenvalue weighted by atomic mass is 9.66. The van der Waals surface area contributed by atoms with Crippen LogP contribution in [-0.2, 0) is 18.7 Å². The van der Waals surface area contributed by atoms with Crippen molar-refractivity contribution in [1.82, 2.24) is 14.5 Å². The van der Waals surface area contributed by atoms with Crippen molar-refractivity contribution in [2.75, 3.05) is 6.54 Å². The topological polar surface area (TPSA) is 41.3 Å². The van der Waals surface area contributed by atoms with E-state index in [4.69, 9.17) is 0 Å². The molecule has 2 fully saturated rings. The van der Waals surface area contributed by atoms with Gasteiger partial charge in [-0.05, 0) is 30.7 Å². The highest BCUT2D eigenvalue weighted by Gasteiger charge is 2.49. The lowest BCUT2D eigenvalue weighted by Crippen LogP contribution is -2.57. The van der Waals surface area contributed by atoms with Crippen LogP contribution in [0, 0.1) is 11.8 Å². The van der Waals surface area contributed by atoms with Crippen LogP contribution in [0.1, 0.15) is 57.2 Å². The molecule has 4 heteroatoms. The highest BCUT2D eigenvalue weighted by molar-refractivity contribution is 5.25. The van der Waals surface area contributed by atoms with Gasteiger partial charge in [-0.3, -0.25) is 4.90 Å². The van der Waals surface area contributed by atoms with Crippen molar-refractivity contribution in [2.24, 2.45) is 11.8 Å². The van der Waals surface area contributed by atoms with Gasteiger partial charge in [0.05, 0.1) is 17.6 Å². The van der Waals surface area contributed by atoms with Crippen molar-refractivity contribution in [2.45, 2.75) is 70.7 Å². The van der Waals surface area contributed by atoms with E-state index in [1.807, 2.05) is 18.6 Å². The highest BCUT2D eigenvalue weighted by atomic mass is 16.3. The summed E-state index contributed by atoms with van der Waals surface area (Å²) in [5.41, 5.74) is 1.73. The molecule has 146 valence electrons. The van der Waals surface area contributed by atoms with Gasteiger partial charge in [0, 0.05) is 37.8 Å². The van der Waals surface area contributed by atoms with Crippen molar-refractivity contribution in [3.63, 3.8) is 0 Å². The number of aliphatic hydroxyl groups is 1. The Kier molecular flexibility index (Phi) is 5.38. The highest BCUT2D eigenvalue weighted by Crippen LogP contribution is 2.47. The minimum Gasteiger partial charge on any atom is -0.385 e. The molecule has 2 aliphatic rings. The number of benzene rings is 1. The Morgan fingerprint density at radius 1 is 1.19 bits per heavy atom. The van der Waals surface area contributed by atoms with Crippen LogP contribution in [0.25, 0.3) is 0 Å². The molecule has 0 amide bonds. The molecule has 4 nitrogen and oxygen atoms in total. The van der Waals surface area contributed by atoms with Crippen LogP contribution in [0.2, 0.25) is 0 Å². The predicted molar refractivity (Wildman–Crippen MR) is 108 cm³/mol. The van der Waals surface area contributed by atoms with Crippen molar-refractivity contribution in [3.05, 3.63) is 54.1 Å². The van der Waals surface area contributed by atoms with Crippen LogP contribution in [0.5, 0.6) is 0 Å². The standard InChI is InChI=1S/C23H33N3O/c1-18(2)15-26-17-24-14-20(26)16-25-13-12-23(27,19-8-4-3-5-9-19)21-10-6-7-11-22(21)25/h3-5,8-9,14,17-18,21-22,27H,6-7,10-13,15-16H2,1-2H3/t21-,22-,23+/m1/s1. The second-order valence-electron chi connectivity index (χ2n) is 8.90. The summed E-state index contributed by atoms with van der Waals surface area (Å²) in [7, 11) is 0. The van der Waals surface area contributed by atoms with E-state index in [0.29, 0.717) is 17.9 Å². The van der Waals surface area contributed by atoms with E-state index >= 15 is 0 Å². The van der Waals surface area contributed by atoms with Crippen molar-refractivity contribution >= 4 is 0 Å². The third-order valence-electron chi connectivity index (χ3n) is 6.59. The molecule has 2 heterocycles. The summed E-state index contributed by atoms with van der Waals surface area (Å²) in [5, 5.41) is 11.7. The van der Waals surface area contributed by atoms with Crippen LogP contribution in [0.3, 0.4) is 0 Å². The second-order valence-corrected chi connectivity index (χ2v) is 8.90. The number of rotatable bonds is 5. The van der Waals surface area contributed by atoms with Gasteiger partial charge in [0.1, 0.15) is 0 Å². The molecule has 3 atom stereocenters. The monoisotopic (exact) mass is 367 g/mol. The van der Waals surface area contributed by atoms with Crippen molar-refractivity contribution in [3.8, 4) is 0 Å². The zero-order chi connectivity index (χ0) is 18.9. The Morgan fingerprint density at radius 2 is 1.96 bits per heavy atom. The van der Waals surface area contributed by atoms with Crippen LogP contribution in [0.15, 0.2) is 42.9 Å². The van der Waals surface area contributed by atoms with E-state index in [0.717, 1.165) is 38.0 Å². The fourth-order valence-corrected chi connectivity index (χ4v) is 5.30. The van der Waals surface area contributed by atoms with Gasteiger partial charge in [0.2, 0.25) is 0 Å². The Labute approximate surface area is 163 Å². The first-order valence-corrected chi connectivity index (χ1v) is 10.6. The number of fused-ring (bicyclic) bond motifs is 1. The summed E-state index contributed by atoms with van der Waals surface area (Å²) in [6.07, 6.45) is 9.63. The molecule has 0 radical (unpaired) electrons. The lowest BCUT2D eigenvalue weighted by Gasteiger charge is -2.52. The minimum atomic E-state index is -0.680. The first-order chi connectivity index (χ1) is 13.1. The molecule has 0 bridgehead atoms. The van der Waals surface area contributed by atoms with E-state index < -0.39 is 5.60 Å². The number of piperidine rings is 1. The third-order valence-corrected chi connectivity index (χ3v) is 6.59. The Hall–Kier alpha value is -1.65. The second kappa shape index (κ2) is 7.76. The van der Waals surface area contributed by atoms with Gasteiger partial charge in [-0.2, -0.15) is 0 Å². The van der Waals surface area contributed by atoms with E-state index in [1.54, 1.807) is 0 Å². The number of hydrogen-bond donors (Lipinski definition) is 1. The van der Waals surface area contributed by atoms with E-state index in [2.05, 4.69) is 52.6 Å². The maximum atomic E-state index is 11.7. The Bertz CT molecular complexity index is 741. The van der Waals surface area contributed by atoms with Crippen molar-refractivity contribution in [1.29, 1.82) is 0 Å². The number of hydrogen-bond acceptors (Lipinski definition) is 3. The Balaban J connectivity index is 1.56. The quantitative estimate of drug-likeness (QED) is 0.861. The number of likely N-dealkylation sites (tertiary alicyclic amines) is 1. The normalized spacial score (nSPS) is 29.0. The Morgan fingerprint density at radius 3 is 2.74 bits per heavy atom. The first kappa shape index (κ1) is 18.7. The molecule has 1 aromatic heterocycles. The van der Waals surface area contributed by atoms with Gasteiger partial charge in [0.15, 0.2) is 0 Å². The molecular weight excluding hydrogens is 334 g/mol. The maximum Gasteiger partial charge on any atom is 0.0951 e. The molecule has 1 aliphatic heterocycles. The SMILES string of the molecule is CC(C)Cn1cncc1CN1CC[C@](O)(c2ccccc2)[C@@H]2CCCC[C@H]21. The minimum absolute atomic E-state index is 0.323. The summed E-state index contributed by atoms with van der Waals surface area (Å²) in [5.74, 6) is 0.939. The first-order valence-electron chi connectivity index (χ1n) is 10.6. The van der Waals surface area contributed by atoms with Gasteiger partial charge in [0.25, 0.3) is 0 Å². The zero-order valence-corrected chi connectivity index (χ0v) is 16.7. The molecule has 2 aromatic rings. The van der Waals surface area contributed by atoms with Gasteiger partial charge >= 0.3 is 0 Å². The molecule has 1 aromatic carbocycles. The van der Waals surface area contributed by atoms with E-state index in [-0.39, 0.29) is 0 Å². The molecule has 4 rings (SSSR count). The number of aromatic nitrogens is 2. The smallest absolute Gasteiger partial charge is 0.0951 e. The fraction of sp³-hybridized carbons (Fsp3) is 0.609. The van der Waals surface area contributed by atoms with Gasteiger partial charge in [-0.15, -0.1) is 0 Å². The summed E-state index contributed by atoms with van der Waals surface area (Å²) in [4.78, 5) is 7.03. The maximum absolute atomic E-state index is 11.7. The average molecular weight is 368 g/mol. The van der Waals surface area contributed by atoms with E-state index in [1.165, 1.54) is 25.0 Å². The van der Waals surface area contributed by atoms with Crippen molar-refractivity contribution < 1.29 is 5.11 Å². The molecule has 0 unspecified atom stereocenters. The van der Waals surface area contributed by atoms with Gasteiger partial charge in [-0.25, -0.2) is 4.98 Å². The summed E-state index contributed by atoms with van der Waals surface area (Å²) >= 11 is 0. The zero-order valence-electron chi connectivity index (χ0n) is 16.7. The molecule has 27 heavy (non-hydrogen) atoms. The van der Waals surface area contributed by atoms with Crippen LogP contribution in [-0.4, -0.2) is 32.1 Å². The lowest BCUT2D eigenvalue weighted by molar-refractivity contribution is -0.123.